The number of likely N-dealkylation sites (tertiary alicyclic amines) is 1. The Morgan fingerprint density at radius 2 is 1.75 bits per heavy atom. The highest BCUT2D eigenvalue weighted by molar-refractivity contribution is 5.76. The molecule has 2 heterocycles. The summed E-state index contributed by atoms with van der Waals surface area (Å²) in [6, 6.07) is 8.97. The van der Waals surface area contributed by atoms with Crippen molar-refractivity contribution >= 4 is 11.0 Å². The van der Waals surface area contributed by atoms with E-state index >= 15 is 0 Å². The maximum Gasteiger partial charge on any atom is 0.124 e. The van der Waals surface area contributed by atoms with Crippen molar-refractivity contribution in [1.29, 1.82) is 0 Å². The van der Waals surface area contributed by atoms with Gasteiger partial charge in [-0.15, -0.1) is 0 Å². The van der Waals surface area contributed by atoms with Crippen molar-refractivity contribution in [2.24, 2.45) is 0 Å². The molecule has 1 aromatic carbocycles. The second kappa shape index (κ2) is 5.96. The van der Waals surface area contributed by atoms with Gasteiger partial charge < -0.3 is 4.57 Å². The average molecular weight is 271 g/mol. The van der Waals surface area contributed by atoms with Gasteiger partial charge in [-0.25, -0.2) is 4.98 Å². The summed E-state index contributed by atoms with van der Waals surface area (Å²) >= 11 is 0. The Bertz CT molecular complexity index is 563. The number of hydrogen-bond donors (Lipinski definition) is 0. The first-order valence-corrected chi connectivity index (χ1v) is 7.94. The summed E-state index contributed by atoms with van der Waals surface area (Å²) in [5.74, 6) is 1.23. The minimum atomic E-state index is 0.462. The Labute approximate surface area is 121 Å². The molecule has 0 aliphatic carbocycles. The summed E-state index contributed by atoms with van der Waals surface area (Å²) in [5, 5.41) is 0. The maximum atomic E-state index is 4.88. The molecule has 3 heteroatoms. The van der Waals surface area contributed by atoms with E-state index in [-0.39, 0.29) is 0 Å². The Morgan fingerprint density at radius 1 is 1.05 bits per heavy atom. The first-order chi connectivity index (χ1) is 9.75. The van der Waals surface area contributed by atoms with Gasteiger partial charge in [-0.3, -0.25) is 4.90 Å². The predicted molar refractivity (Wildman–Crippen MR) is 83.9 cm³/mol. The Hall–Kier alpha value is -1.35. The van der Waals surface area contributed by atoms with E-state index in [9.17, 15) is 0 Å². The Balaban J connectivity index is 1.91. The second-order valence-electron chi connectivity index (χ2n) is 6.17. The molecule has 1 aliphatic rings. The van der Waals surface area contributed by atoms with Crippen molar-refractivity contribution in [1.82, 2.24) is 14.5 Å². The van der Waals surface area contributed by atoms with E-state index in [0.717, 1.165) is 12.1 Å². The van der Waals surface area contributed by atoms with Crippen LogP contribution in [0.5, 0.6) is 0 Å². The molecule has 0 atom stereocenters. The Kier molecular flexibility index (Phi) is 4.06. The quantitative estimate of drug-likeness (QED) is 0.841. The van der Waals surface area contributed by atoms with Gasteiger partial charge in [-0.2, -0.15) is 0 Å². The van der Waals surface area contributed by atoms with Crippen LogP contribution in [-0.4, -0.2) is 27.5 Å². The largest absolute Gasteiger partial charge is 0.324 e. The van der Waals surface area contributed by atoms with Crippen molar-refractivity contribution in [2.75, 3.05) is 13.1 Å². The van der Waals surface area contributed by atoms with Crippen molar-refractivity contribution in [2.45, 2.75) is 52.1 Å². The minimum Gasteiger partial charge on any atom is -0.324 e. The maximum absolute atomic E-state index is 4.88. The molecule has 1 saturated heterocycles. The summed E-state index contributed by atoms with van der Waals surface area (Å²) in [6.07, 6.45) is 5.44. The lowest BCUT2D eigenvalue weighted by Crippen LogP contribution is -2.26. The van der Waals surface area contributed by atoms with Gasteiger partial charge in [0.15, 0.2) is 0 Å². The monoisotopic (exact) mass is 271 g/mol. The molecule has 1 fully saturated rings. The molecule has 3 nitrogen and oxygen atoms in total. The smallest absolute Gasteiger partial charge is 0.124 e. The van der Waals surface area contributed by atoms with Crippen LogP contribution in [-0.2, 0) is 6.54 Å². The second-order valence-corrected chi connectivity index (χ2v) is 6.17. The van der Waals surface area contributed by atoms with Crippen molar-refractivity contribution in [3.8, 4) is 0 Å². The molecular weight excluding hydrogens is 246 g/mol. The van der Waals surface area contributed by atoms with Crippen LogP contribution >= 0.6 is 0 Å². The highest BCUT2D eigenvalue weighted by Gasteiger charge is 2.16. The fourth-order valence-corrected chi connectivity index (χ4v) is 3.28. The SMILES string of the molecule is CC(C)n1c(CN2CCCCCC2)nc2ccccc21. The van der Waals surface area contributed by atoms with Crippen molar-refractivity contribution < 1.29 is 0 Å². The Morgan fingerprint density at radius 3 is 2.45 bits per heavy atom. The molecule has 1 aromatic heterocycles. The molecule has 0 unspecified atom stereocenters. The van der Waals surface area contributed by atoms with E-state index in [1.165, 1.54) is 50.1 Å². The van der Waals surface area contributed by atoms with Gasteiger partial charge >= 0.3 is 0 Å². The lowest BCUT2D eigenvalue weighted by Gasteiger charge is -2.21. The van der Waals surface area contributed by atoms with Crippen LogP contribution < -0.4 is 0 Å². The summed E-state index contributed by atoms with van der Waals surface area (Å²) in [7, 11) is 0. The molecule has 0 N–H and O–H groups in total. The van der Waals surface area contributed by atoms with Gasteiger partial charge in [0.05, 0.1) is 17.6 Å². The molecule has 108 valence electrons. The number of aromatic nitrogens is 2. The first-order valence-electron chi connectivity index (χ1n) is 7.94. The highest BCUT2D eigenvalue weighted by atomic mass is 15.2. The van der Waals surface area contributed by atoms with Crippen molar-refractivity contribution in [3.05, 3.63) is 30.1 Å². The molecule has 20 heavy (non-hydrogen) atoms. The molecule has 0 amide bonds. The summed E-state index contributed by atoms with van der Waals surface area (Å²) in [4.78, 5) is 7.46. The van der Waals surface area contributed by atoms with Gasteiger partial charge in [0.2, 0.25) is 0 Å². The van der Waals surface area contributed by atoms with Gasteiger partial charge in [0, 0.05) is 6.04 Å². The zero-order valence-corrected chi connectivity index (χ0v) is 12.7. The van der Waals surface area contributed by atoms with Crippen LogP contribution in [0, 0.1) is 0 Å². The van der Waals surface area contributed by atoms with E-state index in [2.05, 4.69) is 47.6 Å². The van der Waals surface area contributed by atoms with Crippen LogP contribution in [0.3, 0.4) is 0 Å². The zero-order valence-electron chi connectivity index (χ0n) is 12.7. The van der Waals surface area contributed by atoms with Crippen LogP contribution in [0.4, 0.5) is 0 Å². The van der Waals surface area contributed by atoms with Crippen LogP contribution in [0.15, 0.2) is 24.3 Å². The van der Waals surface area contributed by atoms with Crippen LogP contribution in [0.25, 0.3) is 11.0 Å². The fourth-order valence-electron chi connectivity index (χ4n) is 3.28. The standard InChI is InChI=1S/C17H25N3/c1-14(2)20-16-10-6-5-9-15(16)18-17(20)13-19-11-7-3-4-8-12-19/h5-6,9-10,14H,3-4,7-8,11-13H2,1-2H3. The molecule has 0 spiro atoms. The van der Waals surface area contributed by atoms with Crippen LogP contribution in [0.2, 0.25) is 0 Å². The third-order valence-electron chi connectivity index (χ3n) is 4.25. The number of hydrogen-bond acceptors (Lipinski definition) is 2. The number of para-hydroxylation sites is 2. The van der Waals surface area contributed by atoms with E-state index in [4.69, 9.17) is 4.98 Å². The number of benzene rings is 1. The molecule has 2 aromatic rings. The topological polar surface area (TPSA) is 21.1 Å². The summed E-state index contributed by atoms with van der Waals surface area (Å²) in [5.41, 5.74) is 2.40. The zero-order chi connectivity index (χ0) is 13.9. The van der Waals surface area contributed by atoms with E-state index in [1.807, 2.05) is 0 Å². The molecule has 0 bridgehead atoms. The molecule has 0 saturated carbocycles. The van der Waals surface area contributed by atoms with Crippen molar-refractivity contribution in [3.63, 3.8) is 0 Å². The minimum absolute atomic E-state index is 0.462. The highest BCUT2D eigenvalue weighted by Crippen LogP contribution is 2.22. The predicted octanol–water partition coefficient (Wildman–Crippen LogP) is 3.99. The summed E-state index contributed by atoms with van der Waals surface area (Å²) < 4.78 is 2.40. The van der Waals surface area contributed by atoms with Gasteiger partial charge in [-0.1, -0.05) is 25.0 Å². The lowest BCUT2D eigenvalue weighted by molar-refractivity contribution is 0.265. The van der Waals surface area contributed by atoms with E-state index < -0.39 is 0 Å². The average Bonchev–Trinajstić information content (AvgIpc) is 2.60. The van der Waals surface area contributed by atoms with Gasteiger partial charge in [0.1, 0.15) is 5.82 Å². The normalized spacial score (nSPS) is 17.8. The van der Waals surface area contributed by atoms with E-state index in [1.54, 1.807) is 0 Å². The number of imidazole rings is 1. The number of rotatable bonds is 3. The van der Waals surface area contributed by atoms with Crippen LogP contribution in [0.1, 0.15) is 51.4 Å². The fraction of sp³-hybridized carbons (Fsp3) is 0.588. The first kappa shape index (κ1) is 13.6. The third-order valence-corrected chi connectivity index (χ3v) is 4.25. The van der Waals surface area contributed by atoms with Gasteiger partial charge in [0.25, 0.3) is 0 Å². The third kappa shape index (κ3) is 2.73. The molecule has 3 rings (SSSR count). The molecular formula is C17H25N3. The lowest BCUT2D eigenvalue weighted by atomic mass is 10.2. The number of nitrogens with zero attached hydrogens (tertiary/aromatic N) is 3. The van der Waals surface area contributed by atoms with Gasteiger partial charge in [-0.05, 0) is 51.9 Å². The molecule has 0 radical (unpaired) electrons. The summed E-state index contributed by atoms with van der Waals surface area (Å²) in [6.45, 7) is 7.94. The number of fused-ring (bicyclic) bond motifs is 1. The van der Waals surface area contributed by atoms with E-state index in [0.29, 0.717) is 6.04 Å². The molecule has 1 aliphatic heterocycles.